The highest BCUT2D eigenvalue weighted by Crippen LogP contribution is 2.30. The minimum Gasteiger partial charge on any atom is -0.497 e. The maximum Gasteiger partial charge on any atom is 0.247 e. The molecule has 0 saturated carbocycles. The van der Waals surface area contributed by atoms with Crippen LogP contribution in [0.4, 0.5) is 11.4 Å². The van der Waals surface area contributed by atoms with Crippen LogP contribution in [-0.4, -0.2) is 88.4 Å². The molecule has 4 rings (SSSR count). The van der Waals surface area contributed by atoms with Crippen LogP contribution >= 0.6 is 0 Å². The summed E-state index contributed by atoms with van der Waals surface area (Å²) in [4.78, 5) is 25.9. The summed E-state index contributed by atoms with van der Waals surface area (Å²) in [5.41, 5.74) is 4.52. The van der Waals surface area contributed by atoms with E-state index in [2.05, 4.69) is 31.8 Å². The van der Waals surface area contributed by atoms with Gasteiger partial charge in [0, 0.05) is 38.0 Å². The van der Waals surface area contributed by atoms with E-state index in [1.165, 1.54) is 6.08 Å². The lowest BCUT2D eigenvalue weighted by molar-refractivity contribution is -0.111. The van der Waals surface area contributed by atoms with Crippen molar-refractivity contribution in [1.82, 2.24) is 24.5 Å². The topological polar surface area (TPSA) is 97.1 Å². The summed E-state index contributed by atoms with van der Waals surface area (Å²) < 4.78 is 13.1. The monoisotopic (exact) mass is 529 g/mol. The van der Waals surface area contributed by atoms with E-state index in [0.29, 0.717) is 28.3 Å². The van der Waals surface area contributed by atoms with Crippen LogP contribution in [0, 0.1) is 0 Å². The van der Waals surface area contributed by atoms with Crippen LogP contribution in [0.25, 0.3) is 16.8 Å². The Labute approximate surface area is 224 Å². The Kier molecular flexibility index (Phi) is 8.39. The number of pyridine rings is 1. The molecule has 2 radical (unpaired) electrons. The smallest absolute Gasteiger partial charge is 0.247 e. The van der Waals surface area contributed by atoms with Gasteiger partial charge in [-0.15, -0.1) is 0 Å². The summed E-state index contributed by atoms with van der Waals surface area (Å²) in [5, 5.41) is 8.24. The van der Waals surface area contributed by atoms with Crippen LogP contribution in [0.5, 0.6) is 11.5 Å². The van der Waals surface area contributed by atoms with Crippen LogP contribution in [0.3, 0.4) is 0 Å². The second-order valence-electron chi connectivity index (χ2n) is 8.81. The van der Waals surface area contributed by atoms with E-state index in [1.54, 1.807) is 31.1 Å². The van der Waals surface area contributed by atoms with Crippen LogP contribution in [0.1, 0.15) is 0 Å². The van der Waals surface area contributed by atoms with Gasteiger partial charge in [-0.25, -0.2) is 14.5 Å². The van der Waals surface area contributed by atoms with Gasteiger partial charge < -0.3 is 24.6 Å². The first-order valence-corrected chi connectivity index (χ1v) is 13.0. The van der Waals surface area contributed by atoms with E-state index in [1.807, 2.05) is 57.7 Å². The summed E-state index contributed by atoms with van der Waals surface area (Å²) >= 11 is 0. The number of benzene rings is 1. The molecule has 0 aliphatic heterocycles. The molecule has 1 aromatic carbocycles. The van der Waals surface area contributed by atoms with Gasteiger partial charge in [0.25, 0.3) is 0 Å². The molecule has 3 heterocycles. The minimum atomic E-state index is -0.289. The summed E-state index contributed by atoms with van der Waals surface area (Å²) in [5.74, 6) is 0.951. The standard InChI is InChI=1S/C27H31N7O3Si/c1-7-25(35)30-19-14-24(22(36-5)15-21(19)33(4)13-12-32(2)3)38-27-28-17-23(37-6)26(31-27)18-16-29-34-11-9-8-10-20(18)34/h7-11,14-17H,1,12-13H2,2-6H3,(H,30,35). The molecule has 4 aromatic rings. The zero-order chi connectivity index (χ0) is 27.2. The normalized spacial score (nSPS) is 11.0. The zero-order valence-electron chi connectivity index (χ0n) is 22.2. The molecule has 38 heavy (non-hydrogen) atoms. The number of aromatic nitrogens is 4. The van der Waals surface area contributed by atoms with E-state index >= 15 is 0 Å². The lowest BCUT2D eigenvalue weighted by Gasteiger charge is -2.25. The highest BCUT2D eigenvalue weighted by molar-refractivity contribution is 6.66. The minimum absolute atomic E-state index is 0.0546. The molecule has 0 saturated heterocycles. The van der Waals surface area contributed by atoms with Gasteiger partial charge in [-0.3, -0.25) is 4.79 Å². The van der Waals surface area contributed by atoms with Gasteiger partial charge >= 0.3 is 0 Å². The summed E-state index contributed by atoms with van der Waals surface area (Å²) in [6.45, 7) is 5.21. The van der Waals surface area contributed by atoms with Gasteiger partial charge in [0.1, 0.15) is 16.9 Å². The zero-order valence-corrected chi connectivity index (χ0v) is 23.2. The number of nitrogens with zero attached hydrogens (tertiary/aromatic N) is 6. The molecule has 1 N–H and O–H groups in total. The number of rotatable bonds is 11. The number of fused-ring (bicyclic) bond motifs is 1. The number of carbonyl (C=O) groups is 1. The van der Waals surface area contributed by atoms with Gasteiger partial charge in [0.15, 0.2) is 15.3 Å². The van der Waals surface area contributed by atoms with Crippen molar-refractivity contribution < 1.29 is 14.3 Å². The number of nitrogens with one attached hydrogen (secondary N) is 1. The van der Waals surface area contributed by atoms with E-state index < -0.39 is 0 Å². The second-order valence-corrected chi connectivity index (χ2v) is 10.0. The van der Waals surface area contributed by atoms with Crippen LogP contribution in [-0.2, 0) is 4.79 Å². The average Bonchev–Trinajstić information content (AvgIpc) is 3.35. The van der Waals surface area contributed by atoms with E-state index in [0.717, 1.165) is 35.0 Å². The molecule has 11 heteroatoms. The number of methoxy groups -OCH3 is 2. The third kappa shape index (κ3) is 5.84. The molecule has 0 aliphatic carbocycles. The molecule has 0 unspecified atom stereocenters. The van der Waals surface area contributed by atoms with Crippen LogP contribution in [0.2, 0.25) is 0 Å². The summed E-state index contributed by atoms with van der Waals surface area (Å²) in [6, 6.07) is 9.71. The predicted molar refractivity (Wildman–Crippen MR) is 151 cm³/mol. The second kappa shape index (κ2) is 11.9. The molecule has 0 aliphatic rings. The number of hydrogen-bond donors (Lipinski definition) is 1. The van der Waals surface area contributed by atoms with E-state index in [4.69, 9.17) is 14.5 Å². The fourth-order valence-corrected chi connectivity index (χ4v) is 4.97. The van der Waals surface area contributed by atoms with Crippen molar-refractivity contribution in [2.45, 2.75) is 0 Å². The number of amides is 1. The van der Waals surface area contributed by atoms with Crippen molar-refractivity contribution in [2.75, 3.05) is 58.7 Å². The Morgan fingerprint density at radius 1 is 1.13 bits per heavy atom. The van der Waals surface area contributed by atoms with Gasteiger partial charge in [-0.05, 0) is 43.6 Å². The van der Waals surface area contributed by atoms with Crippen LogP contribution < -0.4 is 30.3 Å². The lowest BCUT2D eigenvalue weighted by Crippen LogP contribution is -2.35. The molecular weight excluding hydrogens is 498 g/mol. The van der Waals surface area contributed by atoms with Crippen molar-refractivity contribution in [3.63, 3.8) is 0 Å². The third-order valence-electron chi connectivity index (χ3n) is 5.96. The number of carbonyl (C=O) groups excluding carboxylic acids is 1. The third-order valence-corrected chi connectivity index (χ3v) is 7.08. The first kappa shape index (κ1) is 26.8. The first-order chi connectivity index (χ1) is 18.3. The van der Waals surface area contributed by atoms with Gasteiger partial charge in [0.2, 0.25) is 5.91 Å². The fourth-order valence-electron chi connectivity index (χ4n) is 3.92. The average molecular weight is 530 g/mol. The van der Waals surface area contributed by atoms with Gasteiger partial charge in [0.05, 0.1) is 43.5 Å². The first-order valence-electron chi connectivity index (χ1n) is 12.0. The van der Waals surface area contributed by atoms with Gasteiger partial charge in [-0.2, -0.15) is 5.10 Å². The molecule has 0 bridgehead atoms. The van der Waals surface area contributed by atoms with E-state index in [-0.39, 0.29) is 15.4 Å². The number of hydrogen-bond acceptors (Lipinski definition) is 8. The molecule has 0 atom stereocenters. The Bertz CT molecular complexity index is 1450. The van der Waals surface area contributed by atoms with Crippen molar-refractivity contribution in [1.29, 1.82) is 0 Å². The maximum absolute atomic E-state index is 12.3. The van der Waals surface area contributed by atoms with Crippen molar-refractivity contribution in [3.05, 3.63) is 61.6 Å². The maximum atomic E-state index is 12.3. The SMILES string of the molecule is C=CC(=O)Nc1cc([Si]c2ncc(OC)c(-c3cnn4ccccc34)n2)c(OC)cc1N(C)CCN(C)C. The fraction of sp³-hybridized carbons (Fsp3) is 0.259. The molecule has 3 aromatic heterocycles. The molecular formula is C27H31N7O3Si. The molecule has 0 spiro atoms. The Balaban J connectivity index is 1.74. The van der Waals surface area contributed by atoms with Crippen LogP contribution in [0.15, 0.2) is 61.6 Å². The number of likely N-dealkylation sites (N-methyl/N-ethyl adjacent to an activating group) is 2. The lowest BCUT2D eigenvalue weighted by atomic mass is 10.2. The summed E-state index contributed by atoms with van der Waals surface area (Å²) in [7, 11) is 9.31. The quantitative estimate of drug-likeness (QED) is 0.231. The van der Waals surface area contributed by atoms with Crippen molar-refractivity contribution in [2.24, 2.45) is 0 Å². The predicted octanol–water partition coefficient (Wildman–Crippen LogP) is 1.59. The Morgan fingerprint density at radius 2 is 1.92 bits per heavy atom. The largest absolute Gasteiger partial charge is 0.497 e. The van der Waals surface area contributed by atoms with E-state index in [9.17, 15) is 4.79 Å². The van der Waals surface area contributed by atoms with Crippen molar-refractivity contribution >= 4 is 43.0 Å². The highest BCUT2D eigenvalue weighted by Gasteiger charge is 2.20. The van der Waals surface area contributed by atoms with Crippen molar-refractivity contribution in [3.8, 4) is 22.8 Å². The number of anilines is 2. The number of ether oxygens (including phenoxy) is 2. The summed E-state index contributed by atoms with van der Waals surface area (Å²) in [6.07, 6.45) is 6.59. The Hall–Kier alpha value is -4.22. The highest BCUT2D eigenvalue weighted by atomic mass is 28.2. The Morgan fingerprint density at radius 3 is 2.63 bits per heavy atom. The molecule has 0 fully saturated rings. The molecule has 196 valence electrons. The molecule has 10 nitrogen and oxygen atoms in total. The van der Waals surface area contributed by atoms with Gasteiger partial charge in [-0.1, -0.05) is 12.6 Å². The molecule has 1 amide bonds.